The number of anilines is 1. The molecule has 0 spiro atoms. The number of carbonyl (C=O) groups is 1. The minimum atomic E-state index is -4.03. The number of para-hydroxylation sites is 2. The van der Waals surface area contributed by atoms with Gasteiger partial charge in [0, 0.05) is 65.3 Å². The third-order valence-corrected chi connectivity index (χ3v) is 11.8. The van der Waals surface area contributed by atoms with Gasteiger partial charge >= 0.3 is 6.09 Å². The van der Waals surface area contributed by atoms with Gasteiger partial charge in [0.15, 0.2) is 5.71 Å². The van der Waals surface area contributed by atoms with Crippen LogP contribution in [0.15, 0.2) is 95.4 Å². The highest BCUT2D eigenvalue weighted by molar-refractivity contribution is 7.94. The summed E-state index contributed by atoms with van der Waals surface area (Å²) in [7, 11) is -4.03. The van der Waals surface area contributed by atoms with E-state index >= 15 is 0 Å². The van der Waals surface area contributed by atoms with E-state index in [-0.39, 0.29) is 16.6 Å². The van der Waals surface area contributed by atoms with Crippen LogP contribution >= 0.6 is 12.0 Å². The third-order valence-electron chi connectivity index (χ3n) is 10.4. The van der Waals surface area contributed by atoms with E-state index in [0.29, 0.717) is 25.1 Å². The molecule has 0 radical (unpaired) electrons. The number of nitrogens with one attached hydrogen (secondary N) is 1. The fraction of sp³-hybridized carbons (Fsp3) is 0.476. The first kappa shape index (κ1) is 42.4. The summed E-state index contributed by atoms with van der Waals surface area (Å²) >= 11 is 1.07. The summed E-state index contributed by atoms with van der Waals surface area (Å²) < 4.78 is 44.7. The fourth-order valence-electron chi connectivity index (χ4n) is 7.79. The van der Waals surface area contributed by atoms with Gasteiger partial charge in [0.05, 0.1) is 16.9 Å². The van der Waals surface area contributed by atoms with Crippen molar-refractivity contribution < 1.29 is 41.7 Å². The number of hydrogen-bond donors (Lipinski definition) is 3. The van der Waals surface area contributed by atoms with Crippen molar-refractivity contribution in [2.75, 3.05) is 29.5 Å². The van der Waals surface area contributed by atoms with Gasteiger partial charge in [-0.3, -0.25) is 9.87 Å². The minimum Gasteiger partial charge on any atom is -0.444 e. The van der Waals surface area contributed by atoms with Gasteiger partial charge in [-0.1, -0.05) is 67.4 Å². The van der Waals surface area contributed by atoms with Gasteiger partial charge in [-0.15, -0.1) is 4.33 Å². The van der Waals surface area contributed by atoms with E-state index in [0.717, 1.165) is 78.2 Å². The molecule has 0 aromatic heterocycles. The first-order chi connectivity index (χ1) is 25.9. The molecule has 0 fully saturated rings. The Bertz CT molecular complexity index is 2010. The van der Waals surface area contributed by atoms with Gasteiger partial charge in [-0.2, -0.15) is 13.0 Å². The summed E-state index contributed by atoms with van der Waals surface area (Å²) in [5.74, 6) is 0.406. The van der Waals surface area contributed by atoms with Gasteiger partial charge in [-0.25, -0.2) is 10.1 Å². The first-order valence-electron chi connectivity index (χ1n) is 18.9. The fourth-order valence-corrected chi connectivity index (χ4v) is 8.79. The molecule has 55 heavy (non-hydrogen) atoms. The van der Waals surface area contributed by atoms with Gasteiger partial charge in [0.1, 0.15) is 12.1 Å². The topological polar surface area (TPSA) is 138 Å². The van der Waals surface area contributed by atoms with Crippen molar-refractivity contribution in [3.05, 3.63) is 107 Å². The number of unbranched alkanes of at least 4 members (excludes halogenated alkanes) is 2. The number of allylic oxidation sites excluding steroid dienone is 7. The number of ether oxygens (including phenoxy) is 1. The highest BCUT2D eigenvalue weighted by Gasteiger charge is 2.44. The molecule has 1 aliphatic carbocycles. The van der Waals surface area contributed by atoms with Crippen molar-refractivity contribution in [2.45, 2.75) is 103 Å². The quantitative estimate of drug-likeness (QED) is 0.0377. The van der Waals surface area contributed by atoms with Crippen molar-refractivity contribution in [3.63, 3.8) is 0 Å². The summed E-state index contributed by atoms with van der Waals surface area (Å²) in [4.78, 5) is 15.7. The van der Waals surface area contributed by atoms with E-state index in [1.165, 1.54) is 16.8 Å². The van der Waals surface area contributed by atoms with Crippen molar-refractivity contribution >= 4 is 45.3 Å². The molecule has 0 atom stereocenters. The lowest BCUT2D eigenvalue weighted by molar-refractivity contribution is -0.438. The number of carbonyl (C=O) groups excluding carboxylic acids is 1. The largest absolute Gasteiger partial charge is 0.444 e. The van der Waals surface area contributed by atoms with Crippen LogP contribution in [0, 0.1) is 0 Å². The average molecular weight is 795 g/mol. The van der Waals surface area contributed by atoms with Crippen molar-refractivity contribution in [1.82, 2.24) is 5.32 Å². The average Bonchev–Trinajstić information content (AvgIpc) is 3.65. The van der Waals surface area contributed by atoms with E-state index < -0.39 is 21.8 Å². The number of rotatable bonds is 16. The zero-order chi connectivity index (χ0) is 40.0. The molecule has 298 valence electrons. The molecule has 1 amide bonds. The Morgan fingerprint density at radius 2 is 1.65 bits per heavy atom. The summed E-state index contributed by atoms with van der Waals surface area (Å²) in [6, 6.07) is 16.7. The second-order valence-electron chi connectivity index (χ2n) is 16.2. The van der Waals surface area contributed by atoms with E-state index in [1.54, 1.807) is 0 Å². The summed E-state index contributed by atoms with van der Waals surface area (Å²) in [5, 5.41) is 15.3. The monoisotopic (exact) mass is 794 g/mol. The molecule has 0 bridgehead atoms. The van der Waals surface area contributed by atoms with Gasteiger partial charge < -0.3 is 9.64 Å². The molecule has 0 saturated heterocycles. The summed E-state index contributed by atoms with van der Waals surface area (Å²) in [5.41, 5.74) is 8.38. The molecule has 13 heteroatoms. The lowest BCUT2D eigenvalue weighted by Gasteiger charge is -2.27. The minimum absolute atomic E-state index is 0.259. The van der Waals surface area contributed by atoms with Crippen molar-refractivity contribution in [3.8, 4) is 0 Å². The molecule has 2 aromatic carbocycles. The number of benzene rings is 2. The van der Waals surface area contributed by atoms with Crippen molar-refractivity contribution in [1.29, 1.82) is 0 Å². The SMILES string of the molecule is CC(C)(C)OC(=O)NC1=C(C=CC2=[N+](CCCCS(=O)(=O)O)c3ccccc3C2(C)C)CCC1=CC=C1N(CCCCSOOO)c2ccccc2C1(C)C. The second kappa shape index (κ2) is 17.6. The van der Waals surface area contributed by atoms with Gasteiger partial charge in [0.25, 0.3) is 10.1 Å². The standard InChI is InChI=1S/C42H55N3O8S2/c1-40(2,3)51-39(46)43-38-30(22-24-36-41(4,5)32-16-8-10-18-34(32)44(36)26-12-14-28-54-53-52-47)20-21-31(38)23-25-37-42(6,7)33-17-9-11-19-35(33)45(37)27-13-15-29-55(48,49)50/h8-11,16-19,22-25H,12-15,20-21,26-29H2,1-7H3,(H2,47,48,49,50)/p+1. The number of amides is 1. The molecule has 3 aliphatic rings. The van der Waals surface area contributed by atoms with Gasteiger partial charge in [-0.05, 0) is 95.6 Å². The van der Waals surface area contributed by atoms with Crippen LogP contribution in [-0.4, -0.2) is 64.8 Å². The Balaban J connectivity index is 1.51. The van der Waals surface area contributed by atoms with Crippen LogP contribution in [0.3, 0.4) is 0 Å². The molecule has 2 heterocycles. The zero-order valence-corrected chi connectivity index (χ0v) is 34.7. The third kappa shape index (κ3) is 10.4. The Morgan fingerprint density at radius 3 is 2.36 bits per heavy atom. The molecule has 2 aromatic rings. The van der Waals surface area contributed by atoms with E-state index in [9.17, 15) is 17.8 Å². The smallest absolute Gasteiger partial charge is 0.412 e. The maximum Gasteiger partial charge on any atom is 0.412 e. The number of alkyl carbamates (subject to hydrolysis) is 1. The molecule has 5 rings (SSSR count). The van der Waals surface area contributed by atoms with Gasteiger partial charge in [0.2, 0.25) is 5.69 Å². The van der Waals surface area contributed by atoms with Crippen LogP contribution in [0.2, 0.25) is 0 Å². The predicted molar refractivity (Wildman–Crippen MR) is 219 cm³/mol. The normalized spacial score (nSPS) is 19.3. The molecule has 11 nitrogen and oxygen atoms in total. The second-order valence-corrected chi connectivity index (χ2v) is 18.6. The number of nitrogens with zero attached hydrogens (tertiary/aromatic N) is 2. The number of hydrogen-bond acceptors (Lipinski definition) is 9. The predicted octanol–water partition coefficient (Wildman–Crippen LogP) is 9.32. The van der Waals surface area contributed by atoms with Crippen LogP contribution in [-0.2, 0) is 35.1 Å². The maximum absolute atomic E-state index is 13.3. The Morgan fingerprint density at radius 1 is 0.945 bits per heavy atom. The van der Waals surface area contributed by atoms with Crippen LogP contribution in [0.5, 0.6) is 0 Å². The number of fused-ring (bicyclic) bond motifs is 2. The summed E-state index contributed by atoms with van der Waals surface area (Å²) in [6.45, 7) is 15.8. The maximum atomic E-state index is 13.3. The lowest BCUT2D eigenvalue weighted by atomic mass is 9.81. The van der Waals surface area contributed by atoms with Crippen LogP contribution in [0.1, 0.15) is 98.1 Å². The zero-order valence-electron chi connectivity index (χ0n) is 33.1. The van der Waals surface area contributed by atoms with E-state index in [4.69, 9.17) is 9.99 Å². The van der Waals surface area contributed by atoms with E-state index in [2.05, 4.69) is 113 Å². The first-order valence-corrected chi connectivity index (χ1v) is 21.5. The Hall–Kier alpha value is -3.72. The lowest BCUT2D eigenvalue weighted by Crippen LogP contribution is -2.32. The highest BCUT2D eigenvalue weighted by Crippen LogP contribution is 2.48. The Kier molecular flexibility index (Phi) is 13.6. The Labute approximate surface area is 330 Å². The molecule has 3 N–H and O–H groups in total. The molecule has 0 unspecified atom stereocenters. The van der Waals surface area contributed by atoms with Crippen LogP contribution in [0.4, 0.5) is 16.2 Å². The molecular formula is C42H56N3O8S2+. The van der Waals surface area contributed by atoms with Crippen LogP contribution in [0.25, 0.3) is 0 Å². The molecular weight excluding hydrogens is 739 g/mol. The van der Waals surface area contributed by atoms with Crippen LogP contribution < -0.4 is 10.2 Å². The highest BCUT2D eigenvalue weighted by atomic mass is 32.2. The molecule has 2 aliphatic heterocycles. The summed E-state index contributed by atoms with van der Waals surface area (Å²) in [6.07, 6.45) is 12.2. The molecule has 0 saturated carbocycles. The van der Waals surface area contributed by atoms with Crippen molar-refractivity contribution in [2.24, 2.45) is 0 Å². The van der Waals surface area contributed by atoms with E-state index in [1.807, 2.05) is 32.9 Å².